The van der Waals surface area contributed by atoms with Crippen LogP contribution in [0.2, 0.25) is 0 Å². The average molecular weight is 224 g/mol. The fourth-order valence-electron chi connectivity index (χ4n) is 1.92. The molecule has 3 unspecified atom stereocenters. The van der Waals surface area contributed by atoms with Gasteiger partial charge in [0, 0.05) is 13.2 Å². The molecule has 90 valence electrons. The lowest BCUT2D eigenvalue weighted by molar-refractivity contribution is -0.128. The molecule has 0 saturated heterocycles. The molecule has 1 aliphatic carbocycles. The second-order valence-corrected chi connectivity index (χ2v) is 4.64. The summed E-state index contributed by atoms with van der Waals surface area (Å²) >= 11 is 0. The van der Waals surface area contributed by atoms with E-state index in [2.05, 4.69) is 11.4 Å². The van der Waals surface area contributed by atoms with Crippen molar-refractivity contribution in [2.45, 2.75) is 51.7 Å². The number of carbonyl (C=O) groups is 1. The Morgan fingerprint density at radius 3 is 2.75 bits per heavy atom. The number of hydrogen-bond donors (Lipinski definition) is 1. The SMILES string of the molecule is CCC(C)(C#N)C(=O)NC1CCC(OC)C1. The van der Waals surface area contributed by atoms with Gasteiger partial charge < -0.3 is 10.1 Å². The number of nitrogens with one attached hydrogen (secondary N) is 1. The lowest BCUT2D eigenvalue weighted by atomic mass is 9.88. The fraction of sp³-hybridized carbons (Fsp3) is 0.833. The van der Waals surface area contributed by atoms with E-state index in [1.54, 1.807) is 14.0 Å². The summed E-state index contributed by atoms with van der Waals surface area (Å²) in [5, 5.41) is 11.9. The molecule has 3 atom stereocenters. The third-order valence-corrected chi connectivity index (χ3v) is 3.51. The molecule has 16 heavy (non-hydrogen) atoms. The van der Waals surface area contributed by atoms with Gasteiger partial charge >= 0.3 is 0 Å². The second-order valence-electron chi connectivity index (χ2n) is 4.64. The second kappa shape index (κ2) is 5.31. The first-order valence-corrected chi connectivity index (χ1v) is 5.80. The first kappa shape index (κ1) is 13.0. The monoisotopic (exact) mass is 224 g/mol. The molecular formula is C12H20N2O2. The summed E-state index contributed by atoms with van der Waals surface area (Å²) in [6, 6.07) is 2.25. The van der Waals surface area contributed by atoms with Crippen LogP contribution in [0.5, 0.6) is 0 Å². The summed E-state index contributed by atoms with van der Waals surface area (Å²) in [5.74, 6) is -0.153. The number of ether oxygens (including phenoxy) is 1. The first-order valence-electron chi connectivity index (χ1n) is 5.80. The Balaban J connectivity index is 2.50. The molecule has 0 aliphatic heterocycles. The number of rotatable bonds is 4. The average Bonchev–Trinajstić information content (AvgIpc) is 2.75. The predicted molar refractivity (Wildman–Crippen MR) is 60.6 cm³/mol. The molecule has 0 aromatic heterocycles. The molecule has 0 aromatic rings. The van der Waals surface area contributed by atoms with Gasteiger partial charge in [-0.3, -0.25) is 4.79 Å². The van der Waals surface area contributed by atoms with Gasteiger partial charge in [0.25, 0.3) is 0 Å². The maximum atomic E-state index is 11.9. The van der Waals surface area contributed by atoms with E-state index in [0.717, 1.165) is 19.3 Å². The van der Waals surface area contributed by atoms with Crippen LogP contribution in [-0.4, -0.2) is 25.2 Å². The highest BCUT2D eigenvalue weighted by molar-refractivity contribution is 5.85. The van der Waals surface area contributed by atoms with Crippen molar-refractivity contribution in [3.63, 3.8) is 0 Å². The molecule has 1 rings (SSSR count). The highest BCUT2D eigenvalue weighted by Crippen LogP contribution is 2.24. The van der Waals surface area contributed by atoms with Crippen LogP contribution < -0.4 is 5.32 Å². The van der Waals surface area contributed by atoms with E-state index in [0.29, 0.717) is 6.42 Å². The molecule has 1 fully saturated rings. The third-order valence-electron chi connectivity index (χ3n) is 3.51. The van der Waals surface area contributed by atoms with Gasteiger partial charge in [0.1, 0.15) is 5.41 Å². The molecule has 0 heterocycles. The van der Waals surface area contributed by atoms with Gasteiger partial charge in [-0.05, 0) is 32.6 Å². The largest absolute Gasteiger partial charge is 0.381 e. The van der Waals surface area contributed by atoms with E-state index >= 15 is 0 Å². The zero-order valence-corrected chi connectivity index (χ0v) is 10.2. The quantitative estimate of drug-likeness (QED) is 0.789. The molecule has 4 heteroatoms. The van der Waals surface area contributed by atoms with Gasteiger partial charge in [0.2, 0.25) is 5.91 Å². The van der Waals surface area contributed by atoms with Gasteiger partial charge in [0.05, 0.1) is 12.2 Å². The van der Waals surface area contributed by atoms with Crippen molar-refractivity contribution in [2.75, 3.05) is 7.11 Å². The summed E-state index contributed by atoms with van der Waals surface area (Å²) in [4.78, 5) is 11.9. The van der Waals surface area contributed by atoms with Crippen molar-refractivity contribution < 1.29 is 9.53 Å². The van der Waals surface area contributed by atoms with Crippen molar-refractivity contribution in [1.82, 2.24) is 5.32 Å². The first-order chi connectivity index (χ1) is 7.55. The van der Waals surface area contributed by atoms with Crippen LogP contribution in [0.15, 0.2) is 0 Å². The molecule has 1 N–H and O–H groups in total. The third kappa shape index (κ3) is 2.73. The molecule has 1 amide bonds. The molecule has 0 radical (unpaired) electrons. The highest BCUT2D eigenvalue weighted by atomic mass is 16.5. The fourth-order valence-corrected chi connectivity index (χ4v) is 1.92. The zero-order valence-electron chi connectivity index (χ0n) is 10.2. The molecule has 1 aliphatic rings. The van der Waals surface area contributed by atoms with E-state index in [1.165, 1.54) is 0 Å². The number of amides is 1. The Morgan fingerprint density at radius 2 is 2.31 bits per heavy atom. The minimum Gasteiger partial charge on any atom is -0.381 e. The van der Waals surface area contributed by atoms with Crippen molar-refractivity contribution in [3.05, 3.63) is 0 Å². The van der Waals surface area contributed by atoms with Crippen LogP contribution in [0.4, 0.5) is 0 Å². The minimum absolute atomic E-state index is 0.153. The Morgan fingerprint density at radius 1 is 1.62 bits per heavy atom. The summed E-state index contributed by atoms with van der Waals surface area (Å²) in [5.41, 5.74) is -0.898. The van der Waals surface area contributed by atoms with E-state index < -0.39 is 5.41 Å². The van der Waals surface area contributed by atoms with Crippen molar-refractivity contribution in [3.8, 4) is 6.07 Å². The minimum atomic E-state index is -0.898. The number of nitriles is 1. The maximum absolute atomic E-state index is 11.9. The number of nitrogens with zero attached hydrogens (tertiary/aromatic N) is 1. The van der Waals surface area contributed by atoms with Crippen molar-refractivity contribution >= 4 is 5.91 Å². The van der Waals surface area contributed by atoms with Crippen molar-refractivity contribution in [1.29, 1.82) is 5.26 Å². The van der Waals surface area contributed by atoms with Crippen molar-refractivity contribution in [2.24, 2.45) is 5.41 Å². The van der Waals surface area contributed by atoms with E-state index in [1.807, 2.05) is 6.92 Å². The van der Waals surface area contributed by atoms with Crippen LogP contribution in [-0.2, 0) is 9.53 Å². The number of hydrogen-bond acceptors (Lipinski definition) is 3. The van der Waals surface area contributed by atoms with Gasteiger partial charge in [-0.1, -0.05) is 6.92 Å². The van der Waals surface area contributed by atoms with E-state index in [-0.39, 0.29) is 18.1 Å². The van der Waals surface area contributed by atoms with E-state index in [9.17, 15) is 4.79 Å². The maximum Gasteiger partial charge on any atom is 0.240 e. The Bertz CT molecular complexity index is 298. The number of methoxy groups -OCH3 is 1. The predicted octanol–water partition coefficient (Wildman–Crippen LogP) is 1.61. The normalized spacial score (nSPS) is 28.1. The lowest BCUT2D eigenvalue weighted by Gasteiger charge is -2.21. The summed E-state index contributed by atoms with van der Waals surface area (Å²) in [6.07, 6.45) is 3.57. The summed E-state index contributed by atoms with van der Waals surface area (Å²) in [7, 11) is 1.69. The van der Waals surface area contributed by atoms with Crippen LogP contribution >= 0.6 is 0 Å². The molecule has 1 saturated carbocycles. The van der Waals surface area contributed by atoms with Crippen LogP contribution in [0, 0.1) is 16.7 Å². The topological polar surface area (TPSA) is 62.1 Å². The molecule has 0 aromatic carbocycles. The zero-order chi connectivity index (χ0) is 12.2. The molecule has 0 bridgehead atoms. The standard InChI is InChI=1S/C12H20N2O2/c1-4-12(2,8-13)11(15)14-9-5-6-10(7-9)16-3/h9-10H,4-7H2,1-3H3,(H,14,15). The van der Waals surface area contributed by atoms with Crippen LogP contribution in [0.3, 0.4) is 0 Å². The summed E-state index contributed by atoms with van der Waals surface area (Å²) in [6.45, 7) is 3.54. The highest BCUT2D eigenvalue weighted by Gasteiger charge is 2.34. The van der Waals surface area contributed by atoms with Crippen LogP contribution in [0.1, 0.15) is 39.5 Å². The van der Waals surface area contributed by atoms with Gasteiger partial charge in [0.15, 0.2) is 0 Å². The van der Waals surface area contributed by atoms with Gasteiger partial charge in [-0.25, -0.2) is 0 Å². The smallest absolute Gasteiger partial charge is 0.240 e. The Labute approximate surface area is 97.0 Å². The summed E-state index contributed by atoms with van der Waals surface area (Å²) < 4.78 is 5.24. The Kier molecular flexibility index (Phi) is 4.31. The lowest BCUT2D eigenvalue weighted by Crippen LogP contribution is -2.42. The van der Waals surface area contributed by atoms with Crippen LogP contribution in [0.25, 0.3) is 0 Å². The molecule has 0 spiro atoms. The van der Waals surface area contributed by atoms with Gasteiger partial charge in [-0.15, -0.1) is 0 Å². The number of carbonyl (C=O) groups excluding carboxylic acids is 1. The van der Waals surface area contributed by atoms with E-state index in [4.69, 9.17) is 10.00 Å². The Hall–Kier alpha value is -1.08. The van der Waals surface area contributed by atoms with Gasteiger partial charge in [-0.2, -0.15) is 5.26 Å². The molecular weight excluding hydrogens is 204 g/mol. The molecule has 4 nitrogen and oxygen atoms in total.